The molecule has 2 aliphatic rings. The molecule has 1 saturated heterocycles. The van der Waals surface area contributed by atoms with E-state index in [9.17, 15) is 19.2 Å². The Morgan fingerprint density at radius 1 is 0.971 bits per heavy atom. The quantitative estimate of drug-likeness (QED) is 0.375. The summed E-state index contributed by atoms with van der Waals surface area (Å²) in [4.78, 5) is 51.4. The first-order valence-electron chi connectivity index (χ1n) is 11.0. The molecule has 0 bridgehead atoms. The number of imide groups is 1. The van der Waals surface area contributed by atoms with Gasteiger partial charge >= 0.3 is 5.97 Å². The SMILES string of the molecule is Cc1ccc(NC(=O)COC(=O)c2ccc(N3C(=O)[C@H]4C[C@H](Cl)[C@@H](Cl)C[C@H]4C3=O)cc2)c(C)c1. The van der Waals surface area contributed by atoms with Gasteiger partial charge in [0.1, 0.15) is 0 Å². The van der Waals surface area contributed by atoms with Crippen molar-refractivity contribution in [3.8, 4) is 0 Å². The van der Waals surface area contributed by atoms with Crippen molar-refractivity contribution in [3.63, 3.8) is 0 Å². The third-order valence-corrected chi connectivity index (χ3v) is 7.36. The van der Waals surface area contributed by atoms with Crippen LogP contribution in [0, 0.1) is 25.7 Å². The molecule has 4 rings (SSSR count). The number of fused-ring (bicyclic) bond motifs is 1. The second-order valence-corrected chi connectivity index (χ2v) is 9.84. The van der Waals surface area contributed by atoms with E-state index in [0.717, 1.165) is 16.0 Å². The molecule has 2 fully saturated rings. The molecule has 0 unspecified atom stereocenters. The van der Waals surface area contributed by atoms with Gasteiger partial charge in [-0.1, -0.05) is 17.7 Å². The number of nitrogens with one attached hydrogen (secondary N) is 1. The number of rotatable bonds is 5. The van der Waals surface area contributed by atoms with Gasteiger partial charge in [0.2, 0.25) is 11.8 Å². The van der Waals surface area contributed by atoms with Crippen LogP contribution in [-0.2, 0) is 19.1 Å². The third kappa shape index (κ3) is 4.81. The maximum absolute atomic E-state index is 12.9. The average Bonchev–Trinajstić information content (AvgIpc) is 3.04. The zero-order chi connectivity index (χ0) is 24.6. The fourth-order valence-electron chi connectivity index (χ4n) is 4.45. The van der Waals surface area contributed by atoms with Crippen molar-refractivity contribution in [2.24, 2.45) is 11.8 Å². The molecule has 3 amide bonds. The lowest BCUT2D eigenvalue weighted by atomic mass is 9.80. The predicted octanol–water partition coefficient (Wildman–Crippen LogP) is 4.21. The van der Waals surface area contributed by atoms with Crippen LogP contribution in [-0.4, -0.2) is 41.1 Å². The van der Waals surface area contributed by atoms with Crippen LogP contribution in [0.25, 0.3) is 0 Å². The Balaban J connectivity index is 1.37. The van der Waals surface area contributed by atoms with Gasteiger partial charge in [-0.3, -0.25) is 19.3 Å². The van der Waals surface area contributed by atoms with Crippen molar-refractivity contribution in [1.29, 1.82) is 0 Å². The summed E-state index contributed by atoms with van der Waals surface area (Å²) in [6.07, 6.45) is 0.714. The highest BCUT2D eigenvalue weighted by Crippen LogP contribution is 2.43. The van der Waals surface area contributed by atoms with Crippen molar-refractivity contribution in [3.05, 3.63) is 59.2 Å². The van der Waals surface area contributed by atoms with E-state index in [0.29, 0.717) is 24.2 Å². The highest BCUT2D eigenvalue weighted by atomic mass is 35.5. The van der Waals surface area contributed by atoms with Gasteiger partial charge in [0.05, 0.1) is 33.8 Å². The molecule has 0 aromatic heterocycles. The van der Waals surface area contributed by atoms with E-state index >= 15 is 0 Å². The minimum Gasteiger partial charge on any atom is -0.452 e. The summed E-state index contributed by atoms with van der Waals surface area (Å²) >= 11 is 12.4. The van der Waals surface area contributed by atoms with E-state index in [1.165, 1.54) is 24.3 Å². The Kier molecular flexibility index (Phi) is 6.96. The van der Waals surface area contributed by atoms with Gasteiger partial charge in [0.15, 0.2) is 6.61 Å². The number of benzene rings is 2. The number of halogens is 2. The number of amides is 3. The monoisotopic (exact) mass is 502 g/mol. The maximum atomic E-state index is 12.9. The Hall–Kier alpha value is -2.90. The van der Waals surface area contributed by atoms with Crippen molar-refractivity contribution in [2.45, 2.75) is 37.4 Å². The van der Waals surface area contributed by atoms with E-state index in [-0.39, 0.29) is 28.1 Å². The lowest BCUT2D eigenvalue weighted by molar-refractivity contribution is -0.122. The van der Waals surface area contributed by atoms with Gasteiger partial charge in [-0.05, 0) is 62.6 Å². The van der Waals surface area contributed by atoms with E-state index in [1.54, 1.807) is 6.07 Å². The maximum Gasteiger partial charge on any atom is 0.338 e. The summed E-state index contributed by atoms with van der Waals surface area (Å²) in [6, 6.07) is 11.5. The normalized spacial score (nSPS) is 24.1. The standard InChI is InChI=1S/C25H24Cl2N2O5/c1-13-3-8-21(14(2)9-13)28-22(30)12-34-25(33)15-4-6-16(7-5-15)29-23(31)17-10-19(26)20(27)11-18(17)24(29)32/h3-9,17-20H,10-12H2,1-2H3,(H,28,30)/t17-,18+,19-,20-/m0/s1. The molecule has 1 saturated carbocycles. The van der Waals surface area contributed by atoms with Crippen LogP contribution in [0.4, 0.5) is 11.4 Å². The predicted molar refractivity (Wildman–Crippen MR) is 129 cm³/mol. The molecule has 2 aromatic carbocycles. The molecule has 0 spiro atoms. The highest BCUT2D eigenvalue weighted by Gasteiger charge is 2.52. The van der Waals surface area contributed by atoms with Crippen molar-refractivity contribution >= 4 is 58.3 Å². The molecule has 7 nitrogen and oxygen atoms in total. The van der Waals surface area contributed by atoms with Gasteiger partial charge in [-0.2, -0.15) is 0 Å². The van der Waals surface area contributed by atoms with Crippen LogP contribution in [0.3, 0.4) is 0 Å². The second kappa shape index (κ2) is 9.76. The molecule has 2 aromatic rings. The minimum absolute atomic E-state index is 0.196. The molecular weight excluding hydrogens is 479 g/mol. The fourth-order valence-corrected chi connectivity index (χ4v) is 5.04. The molecule has 1 N–H and O–H groups in total. The van der Waals surface area contributed by atoms with Gasteiger partial charge in [0.25, 0.3) is 5.91 Å². The van der Waals surface area contributed by atoms with Gasteiger partial charge < -0.3 is 10.1 Å². The second-order valence-electron chi connectivity index (χ2n) is 8.72. The Labute approximate surface area is 207 Å². The molecule has 1 heterocycles. The number of esters is 1. The highest BCUT2D eigenvalue weighted by molar-refractivity contribution is 6.31. The molecule has 178 valence electrons. The van der Waals surface area contributed by atoms with E-state index in [1.807, 2.05) is 26.0 Å². The van der Waals surface area contributed by atoms with Crippen LogP contribution >= 0.6 is 23.2 Å². The van der Waals surface area contributed by atoms with Gasteiger partial charge in [0, 0.05) is 5.69 Å². The van der Waals surface area contributed by atoms with Crippen molar-refractivity contribution < 1.29 is 23.9 Å². The minimum atomic E-state index is -0.690. The summed E-state index contributed by atoms with van der Waals surface area (Å²) in [5, 5.41) is 2.00. The lowest BCUT2D eigenvalue weighted by Crippen LogP contribution is -2.34. The van der Waals surface area contributed by atoms with Crippen molar-refractivity contribution in [1.82, 2.24) is 0 Å². The largest absolute Gasteiger partial charge is 0.452 e. The Morgan fingerprint density at radius 2 is 1.56 bits per heavy atom. The fraction of sp³-hybridized carbons (Fsp3) is 0.360. The number of anilines is 2. The summed E-state index contributed by atoms with van der Waals surface area (Å²) in [5.41, 5.74) is 3.20. The Bertz CT molecular complexity index is 1120. The summed E-state index contributed by atoms with van der Waals surface area (Å²) < 4.78 is 5.11. The van der Waals surface area contributed by atoms with Gasteiger partial charge in [-0.25, -0.2) is 4.79 Å². The number of hydrogen-bond donors (Lipinski definition) is 1. The third-order valence-electron chi connectivity index (χ3n) is 6.26. The zero-order valence-electron chi connectivity index (χ0n) is 18.7. The first-order valence-corrected chi connectivity index (χ1v) is 11.8. The molecular formula is C25H24Cl2N2O5. The number of nitrogens with zero attached hydrogens (tertiary/aromatic N) is 1. The molecule has 1 aliphatic carbocycles. The van der Waals surface area contributed by atoms with E-state index < -0.39 is 30.3 Å². The lowest BCUT2D eigenvalue weighted by Gasteiger charge is -2.28. The molecule has 34 heavy (non-hydrogen) atoms. The molecule has 4 atom stereocenters. The van der Waals surface area contributed by atoms with Crippen molar-refractivity contribution in [2.75, 3.05) is 16.8 Å². The van der Waals surface area contributed by atoms with E-state index in [2.05, 4.69) is 5.32 Å². The molecule has 9 heteroatoms. The van der Waals surface area contributed by atoms with Crippen LogP contribution in [0.15, 0.2) is 42.5 Å². The van der Waals surface area contributed by atoms with Crippen LogP contribution in [0.2, 0.25) is 0 Å². The average molecular weight is 503 g/mol. The van der Waals surface area contributed by atoms with Crippen LogP contribution in [0.1, 0.15) is 34.3 Å². The Morgan fingerprint density at radius 3 is 2.12 bits per heavy atom. The summed E-state index contributed by atoms with van der Waals surface area (Å²) in [6.45, 7) is 3.39. The first-order chi connectivity index (χ1) is 16.2. The molecule has 1 aliphatic heterocycles. The summed E-state index contributed by atoms with van der Waals surface area (Å²) in [5.74, 6) is -2.71. The number of carbonyl (C=O) groups is 4. The van der Waals surface area contributed by atoms with E-state index in [4.69, 9.17) is 27.9 Å². The zero-order valence-corrected chi connectivity index (χ0v) is 20.2. The number of alkyl halides is 2. The number of hydrogen-bond acceptors (Lipinski definition) is 5. The molecule has 0 radical (unpaired) electrons. The van der Waals surface area contributed by atoms with Crippen LogP contribution in [0.5, 0.6) is 0 Å². The number of carbonyl (C=O) groups excluding carboxylic acids is 4. The topological polar surface area (TPSA) is 92.8 Å². The van der Waals surface area contributed by atoms with Crippen LogP contribution < -0.4 is 10.2 Å². The number of ether oxygens (including phenoxy) is 1. The number of aryl methyl sites for hydroxylation is 2. The first kappa shape index (κ1) is 24.2. The summed E-state index contributed by atoms with van der Waals surface area (Å²) in [7, 11) is 0. The smallest absolute Gasteiger partial charge is 0.338 e. The van der Waals surface area contributed by atoms with Gasteiger partial charge in [-0.15, -0.1) is 23.2 Å².